The first-order chi connectivity index (χ1) is 2.41. The van der Waals surface area contributed by atoms with Crippen molar-refractivity contribution in [2.45, 2.75) is 19.8 Å². The molecule has 36 valence electrons. The van der Waals surface area contributed by atoms with Gasteiger partial charge in [-0.25, -0.2) is 0 Å². The fourth-order valence-electron chi connectivity index (χ4n) is 0.125. The Hall–Kier alpha value is 1.06. The van der Waals surface area contributed by atoms with Crippen LogP contribution in [0.2, 0.25) is 0 Å². The van der Waals surface area contributed by atoms with Crippen LogP contribution >= 0.6 is 0 Å². The van der Waals surface area contributed by atoms with E-state index in [1.165, 1.54) is 0 Å². The smallest absolute Gasteiger partial charge is 1.00 e. The van der Waals surface area contributed by atoms with E-state index in [-0.39, 0.29) is 47.0 Å². The molecule has 0 bridgehead atoms. The molecule has 0 amide bonds. The Bertz CT molecular complexity index is 46.5. The van der Waals surface area contributed by atoms with Gasteiger partial charge in [-0.1, -0.05) is 6.92 Å². The van der Waals surface area contributed by atoms with Gasteiger partial charge in [-0.15, -0.1) is 0 Å². The van der Waals surface area contributed by atoms with Gasteiger partial charge in [-0.05, 0) is 12.8 Å². The summed E-state index contributed by atoms with van der Waals surface area (Å²) in [4.78, 5) is 0. The molecule has 0 atom stereocenters. The van der Waals surface area contributed by atoms with Gasteiger partial charge in [-0.2, -0.15) is 0 Å². The van der Waals surface area contributed by atoms with Gasteiger partial charge in [0.1, 0.15) is 0 Å². The molecule has 7 heavy (non-hydrogen) atoms. The van der Waals surface area contributed by atoms with Crippen molar-refractivity contribution in [3.8, 4) is 5.92 Å². The maximum atomic E-state index is 6.35. The predicted octanol–water partition coefficient (Wildman–Crippen LogP) is -2.00. The Balaban J connectivity index is -0.0000000800. The van der Waals surface area contributed by atoms with E-state index in [1.807, 2.05) is 6.92 Å². The van der Waals surface area contributed by atoms with E-state index in [1.54, 1.807) is 0 Å². The van der Waals surface area contributed by atoms with Crippen LogP contribution in [0.4, 0.5) is 0 Å². The van der Waals surface area contributed by atoms with Crippen LogP contribution in [0.25, 0.3) is 0 Å². The molecule has 0 nitrogen and oxygen atoms in total. The first kappa shape index (κ1) is 15.7. The maximum absolute atomic E-state index is 6.35. The standard InChI is InChI=1S/C5H7.HI.Mg/c1-3-5-4-2;;/h3,5H2,1H3;1H;/q-1;;+2/p-1. The molecule has 0 aromatic heterocycles. The Labute approximate surface area is 78.6 Å². The van der Waals surface area contributed by atoms with E-state index in [9.17, 15) is 0 Å². The monoisotopic (exact) mass is 218 g/mol. The van der Waals surface area contributed by atoms with E-state index < -0.39 is 0 Å². The summed E-state index contributed by atoms with van der Waals surface area (Å²) in [7, 11) is 0. The van der Waals surface area contributed by atoms with Crippen molar-refractivity contribution < 1.29 is 24.0 Å². The van der Waals surface area contributed by atoms with Crippen LogP contribution in [0.5, 0.6) is 0 Å². The van der Waals surface area contributed by atoms with Crippen molar-refractivity contribution in [2.24, 2.45) is 0 Å². The van der Waals surface area contributed by atoms with E-state index in [0.29, 0.717) is 0 Å². The second kappa shape index (κ2) is 15.7. The van der Waals surface area contributed by atoms with Gasteiger partial charge in [-0.3, -0.25) is 0 Å². The average Bonchev–Trinajstić information content (AvgIpc) is 1.41. The molecule has 0 radical (unpaired) electrons. The van der Waals surface area contributed by atoms with Gasteiger partial charge in [0.15, 0.2) is 0 Å². The summed E-state index contributed by atoms with van der Waals surface area (Å²) < 4.78 is 0. The van der Waals surface area contributed by atoms with Crippen LogP contribution in [0, 0.1) is 12.3 Å². The summed E-state index contributed by atoms with van der Waals surface area (Å²) in [6.45, 7) is 2.03. The van der Waals surface area contributed by atoms with Gasteiger partial charge in [0, 0.05) is 0 Å². The zero-order valence-corrected chi connectivity index (χ0v) is 8.07. The zero-order chi connectivity index (χ0) is 4.12. The topological polar surface area (TPSA) is 0 Å². The van der Waals surface area contributed by atoms with Crippen LogP contribution < -0.4 is 24.0 Å². The van der Waals surface area contributed by atoms with Crippen molar-refractivity contribution >= 4 is 23.1 Å². The van der Waals surface area contributed by atoms with Crippen molar-refractivity contribution in [1.29, 1.82) is 0 Å². The van der Waals surface area contributed by atoms with Crippen LogP contribution in [-0.4, -0.2) is 23.1 Å². The molecule has 0 unspecified atom stereocenters. The number of halogens is 1. The van der Waals surface area contributed by atoms with Crippen LogP contribution in [-0.2, 0) is 0 Å². The number of hydrogen-bond acceptors (Lipinski definition) is 0. The predicted molar refractivity (Wildman–Crippen MR) is 27.8 cm³/mol. The molecule has 0 saturated heterocycles. The van der Waals surface area contributed by atoms with Crippen LogP contribution in [0.1, 0.15) is 19.8 Å². The van der Waals surface area contributed by atoms with Gasteiger partial charge in [0.05, 0.1) is 0 Å². The molecule has 0 saturated carbocycles. The van der Waals surface area contributed by atoms with Crippen molar-refractivity contribution in [1.82, 2.24) is 0 Å². The van der Waals surface area contributed by atoms with Gasteiger partial charge < -0.3 is 36.3 Å². The zero-order valence-electron chi connectivity index (χ0n) is 4.50. The minimum Gasteiger partial charge on any atom is -1.00 e. The normalized spacial score (nSPS) is 4.57. The molecule has 0 rings (SSSR count). The molecule has 0 fully saturated rings. The fraction of sp³-hybridized carbons (Fsp3) is 0.600. The molecule has 0 heterocycles. The Morgan fingerprint density at radius 3 is 2.00 bits per heavy atom. The molecule has 0 aliphatic rings. The van der Waals surface area contributed by atoms with E-state index in [2.05, 4.69) is 5.92 Å². The second-order valence-corrected chi connectivity index (χ2v) is 0.927. The van der Waals surface area contributed by atoms with Crippen LogP contribution in [0.15, 0.2) is 0 Å². The Kier molecular flexibility index (Phi) is 35.3. The number of rotatable bonds is 1. The van der Waals surface area contributed by atoms with Gasteiger partial charge in [0.2, 0.25) is 0 Å². The van der Waals surface area contributed by atoms with Crippen molar-refractivity contribution in [3.05, 3.63) is 6.42 Å². The summed E-state index contributed by atoms with van der Waals surface area (Å²) in [6.07, 6.45) is 8.20. The first-order valence-electron chi connectivity index (χ1n) is 1.81. The first-order valence-corrected chi connectivity index (χ1v) is 1.81. The molecule has 0 N–H and O–H groups in total. The SMILES string of the molecule is [C-]#CCCC.[I-].[Mg+2]. The molecule has 0 aliphatic heterocycles. The number of unbranched alkanes of at least 4 members (excludes halogenated alkanes) is 1. The summed E-state index contributed by atoms with van der Waals surface area (Å²) in [6, 6.07) is 0. The Morgan fingerprint density at radius 2 is 2.00 bits per heavy atom. The van der Waals surface area contributed by atoms with E-state index in [4.69, 9.17) is 6.42 Å². The summed E-state index contributed by atoms with van der Waals surface area (Å²) >= 11 is 0. The third-order valence-electron chi connectivity index (χ3n) is 0.375. The summed E-state index contributed by atoms with van der Waals surface area (Å²) in [5.41, 5.74) is 0. The molecule has 0 aromatic carbocycles. The molecular weight excluding hydrogens is 211 g/mol. The number of hydrogen-bond donors (Lipinski definition) is 0. The molecule has 0 aliphatic carbocycles. The quantitative estimate of drug-likeness (QED) is 0.207. The summed E-state index contributed by atoms with van der Waals surface area (Å²) in [5.74, 6) is 2.27. The van der Waals surface area contributed by atoms with Gasteiger partial charge >= 0.3 is 23.1 Å². The summed E-state index contributed by atoms with van der Waals surface area (Å²) in [5, 5.41) is 0. The minimum atomic E-state index is 0. The van der Waals surface area contributed by atoms with Crippen molar-refractivity contribution in [2.75, 3.05) is 0 Å². The molecule has 0 spiro atoms. The maximum Gasteiger partial charge on any atom is 2.00 e. The minimum absolute atomic E-state index is 0. The third-order valence-corrected chi connectivity index (χ3v) is 0.375. The van der Waals surface area contributed by atoms with Crippen LogP contribution in [0.3, 0.4) is 0 Å². The molecular formula is C5H7IMg. The van der Waals surface area contributed by atoms with E-state index in [0.717, 1.165) is 12.8 Å². The van der Waals surface area contributed by atoms with Gasteiger partial charge in [0.25, 0.3) is 0 Å². The third kappa shape index (κ3) is 19.3. The van der Waals surface area contributed by atoms with Crippen molar-refractivity contribution in [3.63, 3.8) is 0 Å². The molecule has 0 aromatic rings. The Morgan fingerprint density at radius 1 is 1.57 bits per heavy atom. The largest absolute Gasteiger partial charge is 2.00 e. The second-order valence-electron chi connectivity index (χ2n) is 0.927. The van der Waals surface area contributed by atoms with E-state index >= 15 is 0 Å². The average molecular weight is 218 g/mol. The molecule has 2 heteroatoms. The fourth-order valence-corrected chi connectivity index (χ4v) is 0.125.